The topological polar surface area (TPSA) is 198 Å². The molecule has 4 aromatic carbocycles. The molecule has 4 aromatic rings. The van der Waals surface area contributed by atoms with Crippen molar-refractivity contribution in [1.29, 1.82) is 0 Å². The summed E-state index contributed by atoms with van der Waals surface area (Å²) in [4.78, 5) is -2.42. The third kappa shape index (κ3) is 5.03. The third-order valence-electron chi connectivity index (χ3n) is 4.62. The average Bonchev–Trinajstić information content (AvgIpc) is 2.57. The van der Waals surface area contributed by atoms with Crippen LogP contribution in [0.15, 0.2) is 51.1 Å². The first-order valence-corrected chi connectivity index (χ1v) is 11.9. The Morgan fingerprint density at radius 2 is 0.906 bits per heavy atom. The summed E-state index contributed by atoms with van der Waals surface area (Å²) in [5, 5.41) is -1.20. The molecule has 0 saturated heterocycles. The molecule has 0 radical (unpaired) electrons. The molecule has 152 valence electrons. The molecule has 0 aromatic heterocycles. The quantitative estimate of drug-likeness (QED) is 0.116. The molecule has 32 heavy (non-hydrogen) atoms. The molecular formula is C16H8NNa3O9S3. The van der Waals surface area contributed by atoms with E-state index < -0.39 is 50.4 Å². The van der Waals surface area contributed by atoms with Crippen molar-refractivity contribution in [2.45, 2.75) is 14.7 Å². The molecule has 0 aliphatic carbocycles. The molecule has 0 atom stereocenters. The van der Waals surface area contributed by atoms with Gasteiger partial charge >= 0.3 is 88.7 Å². The van der Waals surface area contributed by atoms with Crippen molar-refractivity contribution >= 4 is 68.4 Å². The maximum atomic E-state index is 11.8. The van der Waals surface area contributed by atoms with E-state index in [1.54, 1.807) is 0 Å². The van der Waals surface area contributed by atoms with Gasteiger partial charge in [-0.2, -0.15) is 0 Å². The van der Waals surface area contributed by atoms with E-state index in [1.807, 2.05) is 0 Å². The second-order valence-corrected chi connectivity index (χ2v) is 10.3. The smallest absolute Gasteiger partial charge is 0.744 e. The third-order valence-corrected chi connectivity index (χ3v) is 7.27. The summed E-state index contributed by atoms with van der Waals surface area (Å²) in [6.07, 6.45) is 0. The van der Waals surface area contributed by atoms with E-state index in [2.05, 4.69) is 0 Å². The molecule has 0 heterocycles. The first-order chi connectivity index (χ1) is 13.2. The fourth-order valence-corrected chi connectivity index (χ4v) is 5.60. The Hall–Kier alpha value is 0.450. The Bertz CT molecular complexity index is 1690. The molecule has 0 bridgehead atoms. The zero-order valence-corrected chi connectivity index (χ0v) is 25.4. The van der Waals surface area contributed by atoms with Gasteiger partial charge in [-0.05, 0) is 24.3 Å². The molecule has 0 spiro atoms. The first-order valence-electron chi connectivity index (χ1n) is 7.63. The molecule has 0 aliphatic heterocycles. The van der Waals surface area contributed by atoms with E-state index in [4.69, 9.17) is 5.73 Å². The molecule has 16 heteroatoms. The van der Waals surface area contributed by atoms with Crippen molar-refractivity contribution in [2.24, 2.45) is 0 Å². The van der Waals surface area contributed by atoms with Crippen molar-refractivity contribution in [3.05, 3.63) is 36.4 Å². The van der Waals surface area contributed by atoms with E-state index in [-0.39, 0.29) is 121 Å². The molecule has 0 aliphatic rings. The maximum Gasteiger partial charge on any atom is 1.00 e. The van der Waals surface area contributed by atoms with Gasteiger partial charge in [0, 0.05) is 38.0 Å². The van der Waals surface area contributed by atoms with Crippen LogP contribution in [-0.4, -0.2) is 38.9 Å². The van der Waals surface area contributed by atoms with Crippen LogP contribution in [0.25, 0.3) is 32.3 Å². The van der Waals surface area contributed by atoms with Gasteiger partial charge in [0.25, 0.3) is 0 Å². The van der Waals surface area contributed by atoms with Crippen LogP contribution < -0.4 is 94.4 Å². The van der Waals surface area contributed by atoms with E-state index in [1.165, 1.54) is 12.1 Å². The maximum absolute atomic E-state index is 11.8. The molecule has 4 rings (SSSR count). The Morgan fingerprint density at radius 3 is 1.34 bits per heavy atom. The fraction of sp³-hybridized carbons (Fsp3) is 0. The summed E-state index contributed by atoms with van der Waals surface area (Å²) >= 11 is 0. The van der Waals surface area contributed by atoms with Crippen LogP contribution in [0.5, 0.6) is 0 Å². The van der Waals surface area contributed by atoms with Crippen LogP contribution in [0.2, 0.25) is 0 Å². The van der Waals surface area contributed by atoms with Crippen molar-refractivity contribution in [3.8, 4) is 0 Å². The molecule has 0 saturated carbocycles. The minimum absolute atomic E-state index is 0. The van der Waals surface area contributed by atoms with Crippen molar-refractivity contribution in [1.82, 2.24) is 0 Å². The van der Waals surface area contributed by atoms with Gasteiger partial charge in [0.15, 0.2) is 0 Å². The van der Waals surface area contributed by atoms with E-state index in [0.717, 1.165) is 18.2 Å². The fourth-order valence-electron chi connectivity index (χ4n) is 3.53. The minimum Gasteiger partial charge on any atom is -0.744 e. The average molecular weight is 523 g/mol. The number of hydrogen-bond acceptors (Lipinski definition) is 10. The Morgan fingerprint density at radius 1 is 0.531 bits per heavy atom. The van der Waals surface area contributed by atoms with Crippen LogP contribution >= 0.6 is 0 Å². The molecule has 10 nitrogen and oxygen atoms in total. The molecule has 0 unspecified atom stereocenters. The number of benzene rings is 4. The zero-order chi connectivity index (χ0) is 21.5. The number of anilines is 1. The zero-order valence-electron chi connectivity index (χ0n) is 16.9. The number of rotatable bonds is 3. The second-order valence-electron chi connectivity index (χ2n) is 6.27. The van der Waals surface area contributed by atoms with Crippen LogP contribution in [-0.2, 0) is 30.4 Å². The van der Waals surface area contributed by atoms with Gasteiger partial charge in [-0.1, -0.05) is 12.1 Å². The minimum atomic E-state index is -5.15. The largest absolute Gasteiger partial charge is 1.00 e. The van der Waals surface area contributed by atoms with Crippen molar-refractivity contribution in [3.63, 3.8) is 0 Å². The summed E-state index contributed by atoms with van der Waals surface area (Å²) in [6.45, 7) is 0. The monoisotopic (exact) mass is 523 g/mol. The van der Waals surface area contributed by atoms with Gasteiger partial charge in [0.05, 0.1) is 14.7 Å². The summed E-state index contributed by atoms with van der Waals surface area (Å²) < 4.78 is 106. The van der Waals surface area contributed by atoms with Crippen LogP contribution in [0, 0.1) is 0 Å². The predicted octanol–water partition coefficient (Wildman–Crippen LogP) is -8.11. The van der Waals surface area contributed by atoms with Crippen LogP contribution in [0.3, 0.4) is 0 Å². The first kappa shape index (κ1) is 30.5. The summed E-state index contributed by atoms with van der Waals surface area (Å²) in [6, 6.07) is 5.74. The van der Waals surface area contributed by atoms with Gasteiger partial charge in [0.2, 0.25) is 0 Å². The van der Waals surface area contributed by atoms with E-state index in [9.17, 15) is 38.9 Å². The Labute approximate surface area is 249 Å². The number of nitrogens with two attached hydrogens (primary N) is 1. The molecule has 2 N–H and O–H groups in total. The van der Waals surface area contributed by atoms with Gasteiger partial charge < -0.3 is 19.4 Å². The Balaban J connectivity index is 0.00000171. The summed E-state index contributed by atoms with van der Waals surface area (Å²) in [5.41, 5.74) is 5.80. The number of nitrogen functional groups attached to an aromatic ring is 1. The summed E-state index contributed by atoms with van der Waals surface area (Å²) in [7, 11) is -15.4. The number of hydrogen-bond donors (Lipinski definition) is 1. The van der Waals surface area contributed by atoms with Crippen LogP contribution in [0.1, 0.15) is 0 Å². The van der Waals surface area contributed by atoms with Gasteiger partial charge in [0.1, 0.15) is 30.4 Å². The van der Waals surface area contributed by atoms with Gasteiger partial charge in [-0.15, -0.1) is 0 Å². The SMILES string of the molecule is Nc1ccc2c(S(=O)(=O)[O-])cc3c(S(=O)(=O)[O-])ccc4c(S(=O)(=O)[O-])cc1c2c43.[Na+].[Na+].[Na+]. The molecule has 0 fully saturated rings. The second kappa shape index (κ2) is 9.84. The van der Waals surface area contributed by atoms with E-state index >= 15 is 0 Å². The normalized spacial score (nSPS) is 12.3. The van der Waals surface area contributed by atoms with Gasteiger partial charge in [-0.3, -0.25) is 0 Å². The molecule has 0 amide bonds. The van der Waals surface area contributed by atoms with Crippen molar-refractivity contribution < 1.29 is 128 Å². The standard InChI is InChI=1S/C16H11NO9S3.3Na/c17-11-3-1-7-14(29(24,25)26)6-10-12(27(18,19)20)4-2-8-13(28(21,22)23)5-9(11)15(7)16(8)10;;;/h1-6H,17H2,(H,18,19,20)(H,21,22,23)(H,24,25,26);;;/q;3*+1/p-3. The Kier molecular flexibility index (Phi) is 9.37. The molecular weight excluding hydrogens is 515 g/mol. The van der Waals surface area contributed by atoms with E-state index in [0.29, 0.717) is 6.07 Å². The van der Waals surface area contributed by atoms with Crippen molar-refractivity contribution in [2.75, 3.05) is 5.73 Å². The predicted molar refractivity (Wildman–Crippen MR) is 98.4 cm³/mol. The summed E-state index contributed by atoms with van der Waals surface area (Å²) in [5.74, 6) is 0. The van der Waals surface area contributed by atoms with Gasteiger partial charge in [-0.25, -0.2) is 25.3 Å². The van der Waals surface area contributed by atoms with Crippen LogP contribution in [0.4, 0.5) is 5.69 Å².